The highest BCUT2D eigenvalue weighted by Crippen LogP contribution is 2.23. The Bertz CT molecular complexity index is 1070. The van der Waals surface area contributed by atoms with Gasteiger partial charge in [0.2, 0.25) is 0 Å². The number of benzene rings is 3. The molecule has 0 aromatic heterocycles. The van der Waals surface area contributed by atoms with Crippen LogP contribution in [0.3, 0.4) is 0 Å². The summed E-state index contributed by atoms with van der Waals surface area (Å²) in [5.74, 6) is 6.26. The molecule has 29 heavy (non-hydrogen) atoms. The first-order valence-corrected chi connectivity index (χ1v) is 9.08. The molecule has 0 spiro atoms. The van der Waals surface area contributed by atoms with Crippen LogP contribution in [0.15, 0.2) is 77.9 Å². The number of halogens is 1. The smallest absolute Gasteiger partial charge is 0.271 e. The van der Waals surface area contributed by atoms with Gasteiger partial charge >= 0.3 is 0 Å². The van der Waals surface area contributed by atoms with Crippen LogP contribution in [0.5, 0.6) is 11.5 Å². The van der Waals surface area contributed by atoms with Crippen molar-refractivity contribution >= 4 is 23.7 Å². The Morgan fingerprint density at radius 2 is 1.86 bits per heavy atom. The highest BCUT2D eigenvalue weighted by Gasteiger charge is 2.07. The standard InChI is InChI=1S/C23H17ClN2O3/c24-21-15-19(12-13-22(21)27)23(28)26-25-16-18-10-8-17(9-11-18)5-4-14-29-20-6-2-1-3-7-20/h1-3,6-13,15-16,27H,14H2,(H,26,28). The summed E-state index contributed by atoms with van der Waals surface area (Å²) in [4.78, 5) is 12.0. The summed E-state index contributed by atoms with van der Waals surface area (Å²) >= 11 is 5.79. The minimum Gasteiger partial charge on any atom is -0.506 e. The summed E-state index contributed by atoms with van der Waals surface area (Å²) in [7, 11) is 0. The molecule has 0 fully saturated rings. The van der Waals surface area contributed by atoms with Crippen LogP contribution in [0.4, 0.5) is 0 Å². The molecule has 0 bridgehead atoms. The third-order valence-electron chi connectivity index (χ3n) is 3.79. The van der Waals surface area contributed by atoms with Crippen molar-refractivity contribution in [1.29, 1.82) is 0 Å². The van der Waals surface area contributed by atoms with E-state index >= 15 is 0 Å². The third kappa shape index (κ3) is 6.13. The second-order valence-electron chi connectivity index (χ2n) is 5.89. The first-order valence-electron chi connectivity index (χ1n) is 8.70. The minimum atomic E-state index is -0.427. The van der Waals surface area contributed by atoms with Crippen LogP contribution in [0.25, 0.3) is 0 Å². The molecule has 0 saturated heterocycles. The van der Waals surface area contributed by atoms with Gasteiger partial charge in [-0.2, -0.15) is 5.10 Å². The zero-order valence-corrected chi connectivity index (χ0v) is 16.1. The van der Waals surface area contributed by atoms with Gasteiger partial charge in [-0.15, -0.1) is 0 Å². The van der Waals surface area contributed by atoms with Crippen LogP contribution in [-0.4, -0.2) is 23.8 Å². The Balaban J connectivity index is 1.50. The second-order valence-corrected chi connectivity index (χ2v) is 6.30. The predicted octanol–water partition coefficient (Wildman–Crippen LogP) is 4.24. The third-order valence-corrected chi connectivity index (χ3v) is 4.09. The van der Waals surface area contributed by atoms with Gasteiger partial charge in [0.05, 0.1) is 11.2 Å². The molecule has 3 aromatic carbocycles. The van der Waals surface area contributed by atoms with Crippen molar-refractivity contribution in [2.24, 2.45) is 5.10 Å². The Hall–Kier alpha value is -3.75. The second kappa shape index (κ2) is 9.98. The van der Waals surface area contributed by atoms with E-state index in [0.29, 0.717) is 12.2 Å². The minimum absolute atomic E-state index is 0.0819. The van der Waals surface area contributed by atoms with Crippen LogP contribution in [-0.2, 0) is 0 Å². The molecule has 0 radical (unpaired) electrons. The van der Waals surface area contributed by atoms with Gasteiger partial charge in [-0.1, -0.05) is 53.8 Å². The van der Waals surface area contributed by atoms with Gasteiger partial charge in [-0.3, -0.25) is 4.79 Å². The van der Waals surface area contributed by atoms with Crippen molar-refractivity contribution in [3.63, 3.8) is 0 Å². The number of carbonyl (C=O) groups excluding carboxylic acids is 1. The number of carbonyl (C=O) groups is 1. The quantitative estimate of drug-likeness (QED) is 0.379. The van der Waals surface area contributed by atoms with Crippen molar-refractivity contribution in [2.75, 3.05) is 6.61 Å². The number of hydrogen-bond donors (Lipinski definition) is 2. The van der Waals surface area contributed by atoms with Crippen molar-refractivity contribution in [1.82, 2.24) is 5.43 Å². The van der Waals surface area contributed by atoms with Gasteiger partial charge < -0.3 is 9.84 Å². The van der Waals surface area contributed by atoms with Crippen molar-refractivity contribution in [2.45, 2.75) is 0 Å². The van der Waals surface area contributed by atoms with Crippen LogP contribution in [0, 0.1) is 11.8 Å². The molecule has 144 valence electrons. The number of ether oxygens (including phenoxy) is 1. The predicted molar refractivity (Wildman–Crippen MR) is 113 cm³/mol. The highest BCUT2D eigenvalue weighted by atomic mass is 35.5. The zero-order chi connectivity index (χ0) is 20.5. The van der Waals surface area contributed by atoms with Crippen LogP contribution >= 0.6 is 11.6 Å². The van der Waals surface area contributed by atoms with Crippen LogP contribution < -0.4 is 10.2 Å². The first kappa shape index (κ1) is 20.0. The molecule has 3 rings (SSSR count). The Morgan fingerprint density at radius 1 is 1.10 bits per heavy atom. The van der Waals surface area contributed by atoms with E-state index in [2.05, 4.69) is 22.4 Å². The maximum Gasteiger partial charge on any atom is 0.271 e. The van der Waals surface area contributed by atoms with Gasteiger partial charge in [-0.05, 0) is 48.0 Å². The van der Waals surface area contributed by atoms with Gasteiger partial charge in [0.1, 0.15) is 18.1 Å². The Kier molecular flexibility index (Phi) is 6.88. The molecule has 5 nitrogen and oxygen atoms in total. The lowest BCUT2D eigenvalue weighted by Crippen LogP contribution is -2.17. The summed E-state index contributed by atoms with van der Waals surface area (Å²) in [6.07, 6.45) is 1.52. The molecule has 3 aromatic rings. The molecular weight excluding hydrogens is 388 g/mol. The number of amides is 1. The Morgan fingerprint density at radius 3 is 2.59 bits per heavy atom. The molecule has 6 heteroatoms. The van der Waals surface area contributed by atoms with Gasteiger partial charge in [0.25, 0.3) is 5.91 Å². The fourth-order valence-electron chi connectivity index (χ4n) is 2.30. The van der Waals surface area contributed by atoms with Crippen LogP contribution in [0.2, 0.25) is 5.02 Å². The van der Waals surface area contributed by atoms with E-state index in [-0.39, 0.29) is 10.8 Å². The molecule has 0 aliphatic carbocycles. The summed E-state index contributed by atoms with van der Waals surface area (Å²) in [6.45, 7) is 0.306. The molecule has 2 N–H and O–H groups in total. The number of nitrogens with zero attached hydrogens (tertiary/aromatic N) is 1. The molecule has 0 atom stereocenters. The molecule has 1 amide bonds. The van der Waals surface area contributed by atoms with E-state index in [4.69, 9.17) is 16.3 Å². The molecule has 0 saturated carbocycles. The SMILES string of the molecule is O=C(NN=Cc1ccc(C#CCOc2ccccc2)cc1)c1ccc(O)c(Cl)c1. The molecule has 0 unspecified atom stereocenters. The average molecular weight is 405 g/mol. The molecular formula is C23H17ClN2O3. The van der Waals surface area contributed by atoms with Crippen LogP contribution in [0.1, 0.15) is 21.5 Å². The molecule has 0 aliphatic rings. The van der Waals surface area contributed by atoms with Crippen molar-refractivity contribution in [3.05, 3.63) is 94.5 Å². The number of rotatable bonds is 5. The number of nitrogens with one attached hydrogen (secondary N) is 1. The highest BCUT2D eigenvalue weighted by molar-refractivity contribution is 6.32. The number of para-hydroxylation sites is 1. The maximum atomic E-state index is 12.0. The topological polar surface area (TPSA) is 70.9 Å². The Labute approximate surface area is 173 Å². The largest absolute Gasteiger partial charge is 0.506 e. The average Bonchev–Trinajstić information content (AvgIpc) is 2.75. The van der Waals surface area contributed by atoms with E-state index in [1.807, 2.05) is 54.6 Å². The molecule has 0 aliphatic heterocycles. The van der Waals surface area contributed by atoms with Crippen molar-refractivity contribution in [3.8, 4) is 23.3 Å². The van der Waals surface area contributed by atoms with Gasteiger partial charge in [-0.25, -0.2) is 5.43 Å². The fraction of sp³-hybridized carbons (Fsp3) is 0.0435. The maximum absolute atomic E-state index is 12.0. The summed E-state index contributed by atoms with van der Waals surface area (Å²) in [5, 5.41) is 13.4. The van der Waals surface area contributed by atoms with E-state index in [1.54, 1.807) is 0 Å². The van der Waals surface area contributed by atoms with E-state index in [1.165, 1.54) is 24.4 Å². The number of phenolic OH excluding ortho intramolecular Hbond substituents is 1. The van der Waals surface area contributed by atoms with E-state index < -0.39 is 5.91 Å². The van der Waals surface area contributed by atoms with Gasteiger partial charge in [0, 0.05) is 11.1 Å². The van der Waals surface area contributed by atoms with Crippen molar-refractivity contribution < 1.29 is 14.6 Å². The lowest BCUT2D eigenvalue weighted by atomic mass is 10.1. The molecule has 0 heterocycles. The summed E-state index contributed by atoms with van der Waals surface area (Å²) in [5.41, 5.74) is 4.37. The summed E-state index contributed by atoms with van der Waals surface area (Å²) < 4.78 is 5.52. The van der Waals surface area contributed by atoms with Gasteiger partial charge in [0.15, 0.2) is 0 Å². The lowest BCUT2D eigenvalue weighted by Gasteiger charge is -2.02. The normalized spacial score (nSPS) is 10.2. The fourth-order valence-corrected chi connectivity index (χ4v) is 2.49. The number of hydrazone groups is 1. The number of aromatic hydroxyl groups is 1. The summed E-state index contributed by atoms with van der Waals surface area (Å²) in [6, 6.07) is 21.1. The zero-order valence-electron chi connectivity index (χ0n) is 15.3. The van der Waals surface area contributed by atoms with E-state index in [0.717, 1.165) is 16.9 Å². The lowest BCUT2D eigenvalue weighted by molar-refractivity contribution is 0.0955. The number of hydrogen-bond acceptors (Lipinski definition) is 4. The van der Waals surface area contributed by atoms with E-state index in [9.17, 15) is 9.90 Å². The monoisotopic (exact) mass is 404 g/mol. The first-order chi connectivity index (χ1) is 14.1. The number of phenols is 1.